The van der Waals surface area contributed by atoms with Gasteiger partial charge >= 0.3 is 0 Å². The molecule has 0 fully saturated rings. The molecule has 0 atom stereocenters. The summed E-state index contributed by atoms with van der Waals surface area (Å²) < 4.78 is 1.96. The van der Waals surface area contributed by atoms with Gasteiger partial charge in [-0.1, -0.05) is 0 Å². The van der Waals surface area contributed by atoms with Crippen LogP contribution in [0.1, 0.15) is 10.4 Å². The van der Waals surface area contributed by atoms with Gasteiger partial charge < -0.3 is 21.4 Å². The van der Waals surface area contributed by atoms with Crippen LogP contribution >= 0.6 is 0 Å². The van der Waals surface area contributed by atoms with Crippen molar-refractivity contribution >= 4 is 17.3 Å². The number of primary amides is 1. The van der Waals surface area contributed by atoms with Crippen LogP contribution in [-0.2, 0) is 6.54 Å². The zero-order valence-corrected chi connectivity index (χ0v) is 9.84. The van der Waals surface area contributed by atoms with Gasteiger partial charge in [0, 0.05) is 31.0 Å². The Hall–Kier alpha value is -2.50. The fourth-order valence-corrected chi connectivity index (χ4v) is 1.62. The van der Waals surface area contributed by atoms with Crippen molar-refractivity contribution in [1.29, 1.82) is 0 Å². The molecule has 6 nitrogen and oxygen atoms in total. The zero-order valence-electron chi connectivity index (χ0n) is 9.84. The first-order valence-corrected chi connectivity index (χ1v) is 5.56. The van der Waals surface area contributed by atoms with Gasteiger partial charge in [-0.25, -0.2) is 4.98 Å². The minimum atomic E-state index is -0.480. The Morgan fingerprint density at radius 2 is 2.28 bits per heavy atom. The maximum absolute atomic E-state index is 11.0. The summed E-state index contributed by atoms with van der Waals surface area (Å²) in [6, 6.07) is 4.98. The summed E-state index contributed by atoms with van der Waals surface area (Å²) in [6.07, 6.45) is 5.37. The van der Waals surface area contributed by atoms with Crippen molar-refractivity contribution < 1.29 is 4.79 Å². The van der Waals surface area contributed by atoms with Crippen molar-refractivity contribution in [2.75, 3.05) is 17.6 Å². The first kappa shape index (κ1) is 12.0. The van der Waals surface area contributed by atoms with Crippen molar-refractivity contribution in [2.24, 2.45) is 5.73 Å². The molecule has 0 saturated carbocycles. The lowest BCUT2D eigenvalue weighted by Gasteiger charge is -2.10. The van der Waals surface area contributed by atoms with E-state index in [4.69, 9.17) is 11.5 Å². The van der Waals surface area contributed by atoms with Gasteiger partial charge in [0.05, 0.1) is 17.7 Å². The summed E-state index contributed by atoms with van der Waals surface area (Å²) in [4.78, 5) is 14.9. The minimum Gasteiger partial charge on any atom is -0.397 e. The molecule has 1 aromatic carbocycles. The molecule has 0 bridgehead atoms. The Bertz CT molecular complexity index is 535. The van der Waals surface area contributed by atoms with E-state index in [1.807, 2.05) is 10.8 Å². The molecule has 0 aliphatic rings. The van der Waals surface area contributed by atoms with Gasteiger partial charge in [-0.15, -0.1) is 0 Å². The molecule has 94 valence electrons. The molecule has 0 unspecified atom stereocenters. The molecule has 2 aromatic rings. The summed E-state index contributed by atoms with van der Waals surface area (Å²) in [5.74, 6) is -0.480. The maximum Gasteiger partial charge on any atom is 0.248 e. The van der Waals surface area contributed by atoms with Crippen LogP contribution in [0.25, 0.3) is 0 Å². The molecule has 0 saturated heterocycles. The molecular weight excluding hydrogens is 230 g/mol. The van der Waals surface area contributed by atoms with Gasteiger partial charge in [-0.2, -0.15) is 0 Å². The summed E-state index contributed by atoms with van der Waals surface area (Å²) in [5, 5.41) is 3.19. The standard InChI is InChI=1S/C12H15N5O/c13-10-7-9(12(14)18)1-2-11(10)16-4-6-17-5-3-15-8-17/h1-3,5,7-8,16H,4,6,13H2,(H2,14,18). The number of aromatic nitrogens is 2. The first-order valence-electron chi connectivity index (χ1n) is 5.56. The molecule has 6 heteroatoms. The van der Waals surface area contributed by atoms with Gasteiger partial charge in [-0.3, -0.25) is 4.79 Å². The van der Waals surface area contributed by atoms with Crippen LogP contribution in [0.4, 0.5) is 11.4 Å². The third-order valence-corrected chi connectivity index (χ3v) is 2.58. The number of imidazole rings is 1. The van der Waals surface area contributed by atoms with E-state index in [9.17, 15) is 4.79 Å². The molecule has 5 N–H and O–H groups in total. The summed E-state index contributed by atoms with van der Waals surface area (Å²) in [7, 11) is 0. The third kappa shape index (κ3) is 2.79. The number of hydrogen-bond acceptors (Lipinski definition) is 4. The number of nitrogens with zero attached hydrogens (tertiary/aromatic N) is 2. The molecule has 1 heterocycles. The lowest BCUT2D eigenvalue weighted by atomic mass is 10.1. The number of hydrogen-bond donors (Lipinski definition) is 3. The average molecular weight is 245 g/mol. The van der Waals surface area contributed by atoms with E-state index in [0.29, 0.717) is 11.3 Å². The summed E-state index contributed by atoms with van der Waals surface area (Å²) in [6.45, 7) is 1.51. The van der Waals surface area contributed by atoms with Crippen molar-refractivity contribution in [1.82, 2.24) is 9.55 Å². The maximum atomic E-state index is 11.0. The van der Waals surface area contributed by atoms with Gasteiger partial charge in [0.15, 0.2) is 0 Å². The number of benzene rings is 1. The molecular formula is C12H15N5O. The van der Waals surface area contributed by atoms with E-state index < -0.39 is 5.91 Å². The van der Waals surface area contributed by atoms with E-state index in [-0.39, 0.29) is 0 Å². The van der Waals surface area contributed by atoms with Crippen LogP contribution in [0, 0.1) is 0 Å². The zero-order chi connectivity index (χ0) is 13.0. The molecule has 0 aliphatic carbocycles. The molecule has 18 heavy (non-hydrogen) atoms. The lowest BCUT2D eigenvalue weighted by Crippen LogP contribution is -2.13. The van der Waals surface area contributed by atoms with Crippen LogP contribution in [0.5, 0.6) is 0 Å². The van der Waals surface area contributed by atoms with Gasteiger partial charge in [0.2, 0.25) is 5.91 Å². The Labute approximate surface area is 105 Å². The van der Waals surface area contributed by atoms with Crippen molar-refractivity contribution in [3.63, 3.8) is 0 Å². The van der Waals surface area contributed by atoms with E-state index in [2.05, 4.69) is 10.3 Å². The van der Waals surface area contributed by atoms with Gasteiger partial charge in [0.25, 0.3) is 0 Å². The predicted molar refractivity (Wildman–Crippen MR) is 70.1 cm³/mol. The highest BCUT2D eigenvalue weighted by atomic mass is 16.1. The highest BCUT2D eigenvalue weighted by molar-refractivity contribution is 5.94. The fourth-order valence-electron chi connectivity index (χ4n) is 1.62. The van der Waals surface area contributed by atoms with Crippen LogP contribution in [0.2, 0.25) is 0 Å². The number of nitrogens with one attached hydrogen (secondary N) is 1. The molecule has 1 amide bonds. The van der Waals surface area contributed by atoms with E-state index >= 15 is 0 Å². The second-order valence-corrected chi connectivity index (χ2v) is 3.89. The van der Waals surface area contributed by atoms with Crippen LogP contribution < -0.4 is 16.8 Å². The van der Waals surface area contributed by atoms with Crippen LogP contribution in [0.3, 0.4) is 0 Å². The van der Waals surface area contributed by atoms with Gasteiger partial charge in [0.1, 0.15) is 0 Å². The van der Waals surface area contributed by atoms with Crippen molar-refractivity contribution in [3.05, 3.63) is 42.5 Å². The number of anilines is 2. The van der Waals surface area contributed by atoms with E-state index in [0.717, 1.165) is 18.8 Å². The number of nitrogens with two attached hydrogens (primary N) is 2. The summed E-state index contributed by atoms with van der Waals surface area (Å²) in [5.41, 5.74) is 12.7. The Morgan fingerprint density at radius 3 is 2.89 bits per heavy atom. The molecule has 1 aromatic heterocycles. The monoisotopic (exact) mass is 245 g/mol. The highest BCUT2D eigenvalue weighted by Gasteiger charge is 2.04. The van der Waals surface area contributed by atoms with E-state index in [1.54, 1.807) is 30.7 Å². The Balaban J connectivity index is 1.95. The number of carbonyl (C=O) groups is 1. The minimum absolute atomic E-state index is 0.410. The van der Waals surface area contributed by atoms with Gasteiger partial charge in [-0.05, 0) is 18.2 Å². The lowest BCUT2D eigenvalue weighted by molar-refractivity contribution is 0.100. The van der Waals surface area contributed by atoms with Crippen molar-refractivity contribution in [3.8, 4) is 0 Å². The first-order chi connectivity index (χ1) is 8.66. The smallest absolute Gasteiger partial charge is 0.248 e. The normalized spacial score (nSPS) is 10.2. The molecule has 2 rings (SSSR count). The molecule has 0 aliphatic heterocycles. The molecule has 0 radical (unpaired) electrons. The quantitative estimate of drug-likeness (QED) is 0.674. The predicted octanol–water partition coefficient (Wildman–Crippen LogP) is 0.676. The Kier molecular flexibility index (Phi) is 3.47. The fraction of sp³-hybridized carbons (Fsp3) is 0.167. The number of nitrogen functional groups attached to an aromatic ring is 1. The second-order valence-electron chi connectivity index (χ2n) is 3.89. The molecule has 0 spiro atoms. The van der Waals surface area contributed by atoms with Crippen LogP contribution in [0.15, 0.2) is 36.9 Å². The van der Waals surface area contributed by atoms with Crippen molar-refractivity contribution in [2.45, 2.75) is 6.54 Å². The van der Waals surface area contributed by atoms with Crippen LogP contribution in [-0.4, -0.2) is 22.0 Å². The SMILES string of the molecule is NC(=O)c1ccc(NCCn2ccnc2)c(N)c1. The number of amides is 1. The number of rotatable bonds is 5. The summed E-state index contributed by atoms with van der Waals surface area (Å²) >= 11 is 0. The largest absolute Gasteiger partial charge is 0.397 e. The Morgan fingerprint density at radius 1 is 1.44 bits per heavy atom. The average Bonchev–Trinajstić information content (AvgIpc) is 2.84. The third-order valence-electron chi connectivity index (χ3n) is 2.58. The highest BCUT2D eigenvalue weighted by Crippen LogP contribution is 2.19. The topological polar surface area (TPSA) is 99.0 Å². The van der Waals surface area contributed by atoms with E-state index in [1.165, 1.54) is 0 Å². The number of carbonyl (C=O) groups excluding carboxylic acids is 1. The second kappa shape index (κ2) is 5.22.